The molecule has 0 radical (unpaired) electrons. The van der Waals surface area contributed by atoms with Crippen LogP contribution in [0, 0.1) is 5.92 Å². The van der Waals surface area contributed by atoms with Crippen LogP contribution in [0.5, 0.6) is 11.5 Å². The van der Waals surface area contributed by atoms with E-state index in [-0.39, 0.29) is 19.1 Å². The number of ether oxygens (including phenoxy) is 3. The molecular weight excluding hydrogens is 366 g/mol. The summed E-state index contributed by atoms with van der Waals surface area (Å²) in [4.78, 5) is 12.2. The number of methoxy groups -OCH3 is 2. The number of hydrogen-bond acceptors (Lipinski definition) is 5. The van der Waals surface area contributed by atoms with E-state index in [2.05, 4.69) is 21.2 Å². The minimum atomic E-state index is -0.725. The minimum Gasteiger partial charge on any atom is -0.495 e. The van der Waals surface area contributed by atoms with Crippen LogP contribution in [0.2, 0.25) is 0 Å². The standard InChI is InChI=1S/C16H22BrNO5/c1-21-13-5-11(6-14(22-2)15(13)17)16(20)18-7-12(19)9-23-8-10-3-4-10/h5-6,10,12,19H,3-4,7-9H2,1-2H3,(H,18,20). The Morgan fingerprint density at radius 3 is 2.48 bits per heavy atom. The maximum absolute atomic E-state index is 12.2. The molecule has 1 fully saturated rings. The Bertz CT molecular complexity index is 522. The summed E-state index contributed by atoms with van der Waals surface area (Å²) in [6, 6.07) is 3.22. The van der Waals surface area contributed by atoms with E-state index in [0.717, 1.165) is 0 Å². The highest BCUT2D eigenvalue weighted by Gasteiger charge is 2.21. The van der Waals surface area contributed by atoms with Gasteiger partial charge in [0.2, 0.25) is 0 Å². The van der Waals surface area contributed by atoms with E-state index in [4.69, 9.17) is 14.2 Å². The summed E-state index contributed by atoms with van der Waals surface area (Å²) in [6.45, 7) is 1.04. The van der Waals surface area contributed by atoms with E-state index in [0.29, 0.717) is 34.1 Å². The minimum absolute atomic E-state index is 0.129. The van der Waals surface area contributed by atoms with Gasteiger partial charge in [0.05, 0.1) is 26.9 Å². The van der Waals surface area contributed by atoms with E-state index >= 15 is 0 Å². The molecule has 7 heteroatoms. The molecule has 1 saturated carbocycles. The van der Waals surface area contributed by atoms with Crippen LogP contribution in [0.1, 0.15) is 23.2 Å². The number of benzene rings is 1. The molecule has 0 heterocycles. The first kappa shape index (κ1) is 18.0. The fourth-order valence-electron chi connectivity index (χ4n) is 2.03. The predicted octanol–water partition coefficient (Wildman–Crippen LogP) is 1.98. The molecule has 0 aliphatic heterocycles. The molecule has 128 valence electrons. The van der Waals surface area contributed by atoms with Crippen LogP contribution >= 0.6 is 15.9 Å². The van der Waals surface area contributed by atoms with Crippen molar-refractivity contribution in [2.24, 2.45) is 5.92 Å². The summed E-state index contributed by atoms with van der Waals surface area (Å²) in [5.41, 5.74) is 0.396. The van der Waals surface area contributed by atoms with Crippen molar-refractivity contribution >= 4 is 21.8 Å². The number of aliphatic hydroxyl groups excluding tert-OH is 1. The summed E-state index contributed by atoms with van der Waals surface area (Å²) >= 11 is 3.35. The molecule has 1 aromatic rings. The molecule has 1 unspecified atom stereocenters. The molecule has 23 heavy (non-hydrogen) atoms. The Morgan fingerprint density at radius 2 is 1.96 bits per heavy atom. The molecule has 0 spiro atoms. The smallest absolute Gasteiger partial charge is 0.251 e. The fraction of sp³-hybridized carbons (Fsp3) is 0.562. The van der Waals surface area contributed by atoms with Crippen LogP contribution in [-0.2, 0) is 4.74 Å². The van der Waals surface area contributed by atoms with Crippen LogP contribution in [0.3, 0.4) is 0 Å². The second kappa shape index (κ2) is 8.52. The Hall–Kier alpha value is -1.31. The molecule has 2 rings (SSSR count). The van der Waals surface area contributed by atoms with Crippen molar-refractivity contribution in [2.75, 3.05) is 34.0 Å². The van der Waals surface area contributed by atoms with E-state index in [1.54, 1.807) is 12.1 Å². The zero-order valence-corrected chi connectivity index (χ0v) is 14.9. The van der Waals surface area contributed by atoms with Crippen molar-refractivity contribution in [3.8, 4) is 11.5 Å². The van der Waals surface area contributed by atoms with Crippen LogP contribution in [-0.4, -0.2) is 51.1 Å². The number of halogens is 1. The van der Waals surface area contributed by atoms with Crippen molar-refractivity contribution in [3.05, 3.63) is 22.2 Å². The number of rotatable bonds is 9. The fourth-order valence-corrected chi connectivity index (χ4v) is 2.58. The second-order valence-electron chi connectivity index (χ2n) is 5.54. The molecular formula is C16H22BrNO5. The summed E-state index contributed by atoms with van der Waals surface area (Å²) in [5.74, 6) is 1.35. The maximum atomic E-state index is 12.2. The zero-order valence-electron chi connectivity index (χ0n) is 13.3. The second-order valence-corrected chi connectivity index (χ2v) is 6.33. The normalized spacial score (nSPS) is 15.1. The SMILES string of the molecule is COc1cc(C(=O)NCC(O)COCC2CC2)cc(OC)c1Br. The topological polar surface area (TPSA) is 77.0 Å². The number of carbonyl (C=O) groups is 1. The highest BCUT2D eigenvalue weighted by atomic mass is 79.9. The van der Waals surface area contributed by atoms with Crippen molar-refractivity contribution in [3.63, 3.8) is 0 Å². The van der Waals surface area contributed by atoms with Gasteiger partial charge in [-0.25, -0.2) is 0 Å². The van der Waals surface area contributed by atoms with Crippen molar-refractivity contribution in [2.45, 2.75) is 18.9 Å². The van der Waals surface area contributed by atoms with E-state index < -0.39 is 6.10 Å². The molecule has 1 aromatic carbocycles. The van der Waals surface area contributed by atoms with Crippen LogP contribution in [0.15, 0.2) is 16.6 Å². The van der Waals surface area contributed by atoms with Gasteiger partial charge in [-0.3, -0.25) is 4.79 Å². The third-order valence-electron chi connectivity index (χ3n) is 3.57. The highest BCUT2D eigenvalue weighted by molar-refractivity contribution is 9.10. The van der Waals surface area contributed by atoms with Gasteiger partial charge in [0.25, 0.3) is 5.91 Å². The molecule has 1 amide bonds. The quantitative estimate of drug-likeness (QED) is 0.677. The summed E-state index contributed by atoms with van der Waals surface area (Å²) < 4.78 is 16.5. The lowest BCUT2D eigenvalue weighted by atomic mass is 10.2. The monoisotopic (exact) mass is 387 g/mol. The number of amides is 1. The van der Waals surface area contributed by atoms with Gasteiger partial charge in [0.1, 0.15) is 16.0 Å². The summed E-state index contributed by atoms with van der Waals surface area (Å²) in [5, 5.41) is 12.5. The highest BCUT2D eigenvalue weighted by Crippen LogP contribution is 2.35. The van der Waals surface area contributed by atoms with Gasteiger partial charge in [0.15, 0.2) is 0 Å². The van der Waals surface area contributed by atoms with Crippen LogP contribution in [0.4, 0.5) is 0 Å². The lowest BCUT2D eigenvalue weighted by Gasteiger charge is -2.14. The number of nitrogens with one attached hydrogen (secondary N) is 1. The molecule has 1 aliphatic rings. The van der Waals surface area contributed by atoms with Crippen molar-refractivity contribution < 1.29 is 24.1 Å². The third-order valence-corrected chi connectivity index (χ3v) is 4.35. The number of carbonyl (C=O) groups excluding carboxylic acids is 1. The van der Waals surface area contributed by atoms with Gasteiger partial charge in [-0.2, -0.15) is 0 Å². The predicted molar refractivity (Wildman–Crippen MR) is 89.1 cm³/mol. The largest absolute Gasteiger partial charge is 0.495 e. The molecule has 1 atom stereocenters. The Morgan fingerprint density at radius 1 is 1.35 bits per heavy atom. The first-order chi connectivity index (χ1) is 11.0. The van der Waals surface area contributed by atoms with Crippen molar-refractivity contribution in [1.82, 2.24) is 5.32 Å². The summed E-state index contributed by atoms with van der Waals surface area (Å²) in [7, 11) is 3.03. The Kier molecular flexibility index (Phi) is 6.68. The average Bonchev–Trinajstić information content (AvgIpc) is 3.37. The van der Waals surface area contributed by atoms with Gasteiger partial charge in [0, 0.05) is 18.7 Å². The molecule has 0 aromatic heterocycles. The Balaban J connectivity index is 1.86. The van der Waals surface area contributed by atoms with Crippen LogP contribution < -0.4 is 14.8 Å². The van der Waals surface area contributed by atoms with E-state index in [1.165, 1.54) is 27.1 Å². The average molecular weight is 388 g/mol. The maximum Gasteiger partial charge on any atom is 0.251 e. The number of hydrogen-bond donors (Lipinski definition) is 2. The van der Waals surface area contributed by atoms with E-state index in [1.807, 2.05) is 0 Å². The zero-order chi connectivity index (χ0) is 16.8. The van der Waals surface area contributed by atoms with E-state index in [9.17, 15) is 9.90 Å². The van der Waals surface area contributed by atoms with Gasteiger partial charge < -0.3 is 24.6 Å². The molecule has 2 N–H and O–H groups in total. The van der Waals surface area contributed by atoms with Crippen molar-refractivity contribution in [1.29, 1.82) is 0 Å². The molecule has 1 aliphatic carbocycles. The summed E-state index contributed by atoms with van der Waals surface area (Å²) in [6.07, 6.45) is 1.69. The van der Waals surface area contributed by atoms with Gasteiger partial charge in [-0.1, -0.05) is 0 Å². The van der Waals surface area contributed by atoms with Crippen LogP contribution in [0.25, 0.3) is 0 Å². The number of aliphatic hydroxyl groups is 1. The lowest BCUT2D eigenvalue weighted by molar-refractivity contribution is 0.0320. The first-order valence-corrected chi connectivity index (χ1v) is 8.30. The lowest BCUT2D eigenvalue weighted by Crippen LogP contribution is -2.34. The Labute approximate surface area is 144 Å². The van der Waals surface area contributed by atoms with Gasteiger partial charge >= 0.3 is 0 Å². The van der Waals surface area contributed by atoms with Gasteiger partial charge in [-0.15, -0.1) is 0 Å². The van der Waals surface area contributed by atoms with Gasteiger partial charge in [-0.05, 0) is 46.8 Å². The third kappa shape index (κ3) is 5.37. The molecule has 6 nitrogen and oxygen atoms in total. The molecule has 0 saturated heterocycles. The molecule has 0 bridgehead atoms. The first-order valence-electron chi connectivity index (χ1n) is 7.50.